The number of aromatic amines is 1. The first kappa shape index (κ1) is 20.3. The predicted molar refractivity (Wildman–Crippen MR) is 111 cm³/mol. The normalized spacial score (nSPS) is 14.6. The number of aromatic nitrogens is 4. The molecule has 4 rings (SSSR count). The van der Waals surface area contributed by atoms with Crippen LogP contribution in [0.1, 0.15) is 79.1 Å². The Labute approximate surface area is 175 Å². The molecule has 1 aliphatic carbocycles. The van der Waals surface area contributed by atoms with Gasteiger partial charge >= 0.3 is 0 Å². The monoisotopic (exact) mass is 409 g/mol. The first-order chi connectivity index (χ1) is 14.7. The number of methoxy groups -OCH3 is 1. The van der Waals surface area contributed by atoms with Gasteiger partial charge in [-0.15, -0.1) is 0 Å². The van der Waals surface area contributed by atoms with E-state index in [9.17, 15) is 4.79 Å². The van der Waals surface area contributed by atoms with Crippen molar-refractivity contribution in [2.24, 2.45) is 5.73 Å². The van der Waals surface area contributed by atoms with Gasteiger partial charge in [-0.3, -0.25) is 4.79 Å². The molecule has 3 aromatic heterocycles. The minimum absolute atomic E-state index is 0.0600. The molecule has 0 saturated heterocycles. The minimum Gasteiger partial charge on any atom is -0.480 e. The molecule has 0 aliphatic heterocycles. The zero-order chi connectivity index (χ0) is 20.9. The van der Waals surface area contributed by atoms with E-state index in [-0.39, 0.29) is 17.7 Å². The van der Waals surface area contributed by atoms with Crippen LogP contribution < -0.4 is 10.5 Å². The van der Waals surface area contributed by atoms with Crippen LogP contribution in [-0.2, 0) is 0 Å². The molecular weight excluding hydrogens is 382 g/mol. The van der Waals surface area contributed by atoms with E-state index >= 15 is 0 Å². The Balaban J connectivity index is 1.28. The Kier molecular flexibility index (Phi) is 6.23. The standard InChI is InChI=1S/C22H27N5O3/c1-29-21-15(9-10-17(27-21)14-7-8-14)18-13-25-20(26-18)16(23)5-3-2-4-6-19(28)22-24-11-12-30-22/h9-14,16H,2-8,23H2,1H3,(H,25,26). The first-order valence-corrected chi connectivity index (χ1v) is 10.4. The summed E-state index contributed by atoms with van der Waals surface area (Å²) in [6.07, 6.45) is 11.0. The van der Waals surface area contributed by atoms with Gasteiger partial charge in [-0.2, -0.15) is 0 Å². The predicted octanol–water partition coefficient (Wildman–Crippen LogP) is 4.18. The lowest BCUT2D eigenvalue weighted by molar-refractivity contribution is 0.0945. The average molecular weight is 409 g/mol. The fourth-order valence-corrected chi connectivity index (χ4v) is 3.51. The number of oxazole rings is 1. The number of nitrogens with two attached hydrogens (primary N) is 1. The molecule has 3 N–H and O–H groups in total. The molecule has 8 heteroatoms. The smallest absolute Gasteiger partial charge is 0.263 e. The summed E-state index contributed by atoms with van der Waals surface area (Å²) in [6.45, 7) is 0. The summed E-state index contributed by atoms with van der Waals surface area (Å²) in [5.41, 5.74) is 9.05. The summed E-state index contributed by atoms with van der Waals surface area (Å²) in [7, 11) is 1.63. The zero-order valence-corrected chi connectivity index (χ0v) is 17.1. The lowest BCUT2D eigenvalue weighted by Gasteiger charge is -2.09. The number of carbonyl (C=O) groups excluding carboxylic acids is 1. The van der Waals surface area contributed by atoms with Crippen molar-refractivity contribution in [1.82, 2.24) is 19.9 Å². The zero-order valence-electron chi connectivity index (χ0n) is 17.1. The summed E-state index contributed by atoms with van der Waals surface area (Å²) >= 11 is 0. The number of hydrogen-bond donors (Lipinski definition) is 2. The summed E-state index contributed by atoms with van der Waals surface area (Å²) in [5.74, 6) is 2.04. The second-order valence-electron chi connectivity index (χ2n) is 7.70. The largest absolute Gasteiger partial charge is 0.480 e. The van der Waals surface area contributed by atoms with E-state index in [1.54, 1.807) is 7.11 Å². The number of imidazole rings is 1. The van der Waals surface area contributed by atoms with Crippen LogP contribution in [0.5, 0.6) is 5.88 Å². The molecule has 1 unspecified atom stereocenters. The molecule has 1 saturated carbocycles. The fraction of sp³-hybridized carbons (Fsp3) is 0.455. The molecule has 0 bridgehead atoms. The van der Waals surface area contributed by atoms with Gasteiger partial charge in [-0.1, -0.05) is 12.8 Å². The van der Waals surface area contributed by atoms with Crippen LogP contribution >= 0.6 is 0 Å². The Hall–Kier alpha value is -3.00. The molecule has 0 aromatic carbocycles. The van der Waals surface area contributed by atoms with Gasteiger partial charge in [0.25, 0.3) is 5.89 Å². The number of nitrogens with one attached hydrogen (secondary N) is 1. The number of nitrogens with zero attached hydrogens (tertiary/aromatic N) is 3. The minimum atomic E-state index is -0.189. The molecule has 158 valence electrons. The molecular formula is C22H27N5O3. The SMILES string of the molecule is COc1nc(C2CC2)ccc1-c1c[nH]c(C(N)CCCCCC(=O)c2ncco2)n1. The number of pyridine rings is 1. The lowest BCUT2D eigenvalue weighted by atomic mass is 10.1. The average Bonchev–Trinajstić information content (AvgIpc) is 3.26. The van der Waals surface area contributed by atoms with Crippen LogP contribution in [0.2, 0.25) is 0 Å². The highest BCUT2D eigenvalue weighted by molar-refractivity contribution is 5.91. The highest BCUT2D eigenvalue weighted by atomic mass is 16.5. The van der Waals surface area contributed by atoms with Gasteiger partial charge in [0.15, 0.2) is 0 Å². The Morgan fingerprint density at radius 1 is 1.30 bits per heavy atom. The van der Waals surface area contributed by atoms with E-state index in [0.29, 0.717) is 18.2 Å². The summed E-state index contributed by atoms with van der Waals surface area (Å²) in [5, 5.41) is 0. The van der Waals surface area contributed by atoms with E-state index in [1.165, 1.54) is 25.3 Å². The Morgan fingerprint density at radius 3 is 2.90 bits per heavy atom. The van der Waals surface area contributed by atoms with Gasteiger partial charge < -0.3 is 19.9 Å². The highest BCUT2D eigenvalue weighted by Crippen LogP contribution is 2.41. The van der Waals surface area contributed by atoms with Crippen molar-refractivity contribution in [2.45, 2.75) is 56.9 Å². The van der Waals surface area contributed by atoms with Crippen molar-refractivity contribution in [3.8, 4) is 17.1 Å². The van der Waals surface area contributed by atoms with Crippen molar-refractivity contribution >= 4 is 5.78 Å². The number of hydrogen-bond acceptors (Lipinski definition) is 7. The maximum Gasteiger partial charge on any atom is 0.263 e. The van der Waals surface area contributed by atoms with Gasteiger partial charge in [0.05, 0.1) is 30.6 Å². The third-order valence-electron chi connectivity index (χ3n) is 5.39. The van der Waals surface area contributed by atoms with Crippen molar-refractivity contribution in [1.29, 1.82) is 0 Å². The molecule has 1 aliphatic rings. The molecule has 0 radical (unpaired) electrons. The lowest BCUT2D eigenvalue weighted by Crippen LogP contribution is -2.12. The Morgan fingerprint density at radius 2 is 2.17 bits per heavy atom. The number of ketones is 1. The topological polar surface area (TPSA) is 120 Å². The van der Waals surface area contributed by atoms with Gasteiger partial charge in [0.2, 0.25) is 11.7 Å². The molecule has 8 nitrogen and oxygen atoms in total. The van der Waals surface area contributed by atoms with Crippen molar-refractivity contribution in [2.75, 3.05) is 7.11 Å². The van der Waals surface area contributed by atoms with Gasteiger partial charge in [-0.25, -0.2) is 15.0 Å². The fourth-order valence-electron chi connectivity index (χ4n) is 3.51. The van der Waals surface area contributed by atoms with Crippen LogP contribution in [-0.4, -0.2) is 32.8 Å². The molecule has 1 atom stereocenters. The summed E-state index contributed by atoms with van der Waals surface area (Å²) in [6, 6.07) is 3.89. The van der Waals surface area contributed by atoms with Gasteiger partial charge in [0, 0.05) is 24.2 Å². The number of Topliss-reactive ketones (excluding diaryl/α,β-unsaturated/α-hetero) is 1. The summed E-state index contributed by atoms with van der Waals surface area (Å²) in [4.78, 5) is 28.2. The molecule has 3 heterocycles. The van der Waals surface area contributed by atoms with E-state index < -0.39 is 0 Å². The van der Waals surface area contributed by atoms with Crippen molar-refractivity contribution < 1.29 is 13.9 Å². The first-order valence-electron chi connectivity index (χ1n) is 10.4. The van der Waals surface area contributed by atoms with Crippen LogP contribution in [0.4, 0.5) is 0 Å². The van der Waals surface area contributed by atoms with E-state index in [2.05, 4.69) is 26.0 Å². The maximum absolute atomic E-state index is 11.9. The van der Waals surface area contributed by atoms with E-state index in [4.69, 9.17) is 14.9 Å². The third-order valence-corrected chi connectivity index (χ3v) is 5.39. The van der Waals surface area contributed by atoms with Gasteiger partial charge in [0.1, 0.15) is 12.1 Å². The van der Waals surface area contributed by atoms with Gasteiger partial charge in [-0.05, 0) is 37.8 Å². The van der Waals surface area contributed by atoms with E-state index in [1.807, 2.05) is 12.3 Å². The van der Waals surface area contributed by atoms with Crippen LogP contribution in [0.3, 0.4) is 0 Å². The molecule has 1 fully saturated rings. The second-order valence-corrected chi connectivity index (χ2v) is 7.70. The quantitative estimate of drug-likeness (QED) is 0.360. The molecule has 0 spiro atoms. The highest BCUT2D eigenvalue weighted by Gasteiger charge is 2.26. The van der Waals surface area contributed by atoms with Crippen LogP contribution in [0.15, 0.2) is 35.2 Å². The number of ether oxygens (including phenoxy) is 1. The molecule has 0 amide bonds. The number of unbranched alkanes of at least 4 members (excludes halogenated alkanes) is 2. The molecule has 30 heavy (non-hydrogen) atoms. The van der Waals surface area contributed by atoms with Crippen molar-refractivity contribution in [3.05, 3.63) is 48.2 Å². The molecule has 3 aromatic rings. The maximum atomic E-state index is 11.9. The van der Waals surface area contributed by atoms with Crippen molar-refractivity contribution in [3.63, 3.8) is 0 Å². The summed E-state index contributed by atoms with van der Waals surface area (Å²) < 4.78 is 10.5. The number of carbonyl (C=O) groups is 1. The van der Waals surface area contributed by atoms with Crippen LogP contribution in [0, 0.1) is 0 Å². The van der Waals surface area contributed by atoms with Crippen LogP contribution in [0.25, 0.3) is 11.3 Å². The number of rotatable bonds is 11. The Bertz CT molecular complexity index is 979. The third kappa shape index (κ3) is 4.76. The van der Waals surface area contributed by atoms with E-state index in [0.717, 1.165) is 48.5 Å². The second kappa shape index (κ2) is 9.21. The number of H-pyrrole nitrogens is 1.